The van der Waals surface area contributed by atoms with Crippen molar-refractivity contribution in [2.45, 2.75) is 6.54 Å². The molecule has 182 valence electrons. The lowest BCUT2D eigenvalue weighted by molar-refractivity contribution is -0.123. The predicted molar refractivity (Wildman–Crippen MR) is 137 cm³/mol. The fraction of sp³-hybridized carbons (Fsp3) is 0.111. The van der Waals surface area contributed by atoms with Gasteiger partial charge in [-0.2, -0.15) is 0 Å². The number of rotatable bonds is 7. The number of fused-ring (bicyclic) bond motifs is 1. The van der Waals surface area contributed by atoms with Crippen molar-refractivity contribution in [2.24, 2.45) is 0 Å². The highest BCUT2D eigenvalue weighted by Gasteiger charge is 2.35. The fourth-order valence-corrected chi connectivity index (χ4v) is 5.07. The summed E-state index contributed by atoms with van der Waals surface area (Å²) in [5.74, 6) is -0.744. The van der Waals surface area contributed by atoms with Crippen molar-refractivity contribution in [3.05, 3.63) is 106 Å². The van der Waals surface area contributed by atoms with Gasteiger partial charge in [-0.1, -0.05) is 35.9 Å². The molecule has 1 fully saturated rings. The molecule has 1 aliphatic rings. The first kappa shape index (κ1) is 24.1. The average molecular weight is 525 g/mol. The Morgan fingerprint density at radius 1 is 0.972 bits per heavy atom. The Balaban J connectivity index is 1.37. The van der Waals surface area contributed by atoms with Crippen LogP contribution in [0.25, 0.3) is 17.0 Å². The molecule has 3 aromatic carbocycles. The fourth-order valence-electron chi connectivity index (χ4n) is 3.99. The van der Waals surface area contributed by atoms with Gasteiger partial charge in [-0.05, 0) is 60.3 Å². The lowest BCUT2D eigenvalue weighted by Gasteiger charge is -2.13. The zero-order valence-corrected chi connectivity index (χ0v) is 20.4. The molecular formula is C27H19ClF2N2O3S. The maximum Gasteiger partial charge on any atom is 0.293 e. The Labute approximate surface area is 214 Å². The van der Waals surface area contributed by atoms with E-state index in [-0.39, 0.29) is 30.4 Å². The summed E-state index contributed by atoms with van der Waals surface area (Å²) < 4.78 is 34.8. The quantitative estimate of drug-likeness (QED) is 0.251. The molecule has 0 spiro atoms. The molecule has 36 heavy (non-hydrogen) atoms. The number of benzene rings is 3. The van der Waals surface area contributed by atoms with Crippen LogP contribution in [0.2, 0.25) is 5.02 Å². The Hall–Kier alpha value is -3.62. The Kier molecular flexibility index (Phi) is 6.80. The molecule has 1 aliphatic heterocycles. The van der Waals surface area contributed by atoms with Gasteiger partial charge in [0.15, 0.2) is 0 Å². The maximum atomic E-state index is 14.4. The first-order chi connectivity index (χ1) is 17.4. The van der Waals surface area contributed by atoms with Gasteiger partial charge in [-0.15, -0.1) is 0 Å². The van der Waals surface area contributed by atoms with E-state index in [4.69, 9.17) is 16.3 Å². The van der Waals surface area contributed by atoms with Crippen molar-refractivity contribution < 1.29 is 23.1 Å². The van der Waals surface area contributed by atoms with E-state index in [1.54, 1.807) is 18.2 Å². The number of halogens is 3. The zero-order chi connectivity index (χ0) is 25.2. The van der Waals surface area contributed by atoms with Gasteiger partial charge >= 0.3 is 0 Å². The second-order valence-corrected chi connectivity index (χ2v) is 9.47. The van der Waals surface area contributed by atoms with Gasteiger partial charge in [0, 0.05) is 33.2 Å². The average Bonchev–Trinajstić information content (AvgIpc) is 3.34. The summed E-state index contributed by atoms with van der Waals surface area (Å²) in [6, 6.07) is 17.6. The lowest BCUT2D eigenvalue weighted by atomic mass is 10.1. The first-order valence-electron chi connectivity index (χ1n) is 11.1. The van der Waals surface area contributed by atoms with Crippen LogP contribution in [0, 0.1) is 11.6 Å². The van der Waals surface area contributed by atoms with Crippen LogP contribution in [0.1, 0.15) is 11.1 Å². The summed E-state index contributed by atoms with van der Waals surface area (Å²) in [5, 5.41) is 0.797. The van der Waals surface area contributed by atoms with Crippen molar-refractivity contribution in [1.29, 1.82) is 0 Å². The molecular weight excluding hydrogens is 506 g/mol. The third-order valence-corrected chi connectivity index (χ3v) is 7.03. The van der Waals surface area contributed by atoms with Crippen molar-refractivity contribution in [1.82, 2.24) is 9.47 Å². The van der Waals surface area contributed by atoms with E-state index in [9.17, 15) is 18.4 Å². The van der Waals surface area contributed by atoms with Crippen LogP contribution in [-0.2, 0) is 11.3 Å². The summed E-state index contributed by atoms with van der Waals surface area (Å²) in [6.07, 6.45) is 3.49. The van der Waals surface area contributed by atoms with Crippen molar-refractivity contribution >= 4 is 51.5 Å². The SMILES string of the molecule is O=C1S/C(=C\c2cn(Cc3c(F)cccc3Cl)c3ccccc23)C(=O)N1CCOc1ccc(F)cc1. The van der Waals surface area contributed by atoms with Gasteiger partial charge < -0.3 is 9.30 Å². The van der Waals surface area contributed by atoms with Crippen LogP contribution in [0.3, 0.4) is 0 Å². The molecule has 2 amide bonds. The zero-order valence-electron chi connectivity index (χ0n) is 18.8. The van der Waals surface area contributed by atoms with Crippen LogP contribution in [0.15, 0.2) is 77.8 Å². The van der Waals surface area contributed by atoms with E-state index >= 15 is 0 Å². The first-order valence-corrected chi connectivity index (χ1v) is 12.2. The van der Waals surface area contributed by atoms with Crippen LogP contribution >= 0.6 is 23.4 Å². The Morgan fingerprint density at radius 2 is 1.75 bits per heavy atom. The normalized spacial score (nSPS) is 14.9. The molecule has 0 radical (unpaired) electrons. The number of para-hydroxylation sites is 1. The Bertz CT molecular complexity index is 1480. The minimum Gasteiger partial charge on any atom is -0.492 e. The molecule has 4 aromatic rings. The van der Waals surface area contributed by atoms with Gasteiger partial charge in [0.25, 0.3) is 11.1 Å². The smallest absolute Gasteiger partial charge is 0.293 e. The summed E-state index contributed by atoms with van der Waals surface area (Å²) in [4.78, 5) is 26.9. The third kappa shape index (κ3) is 4.87. The van der Waals surface area contributed by atoms with Gasteiger partial charge in [0.2, 0.25) is 0 Å². The highest BCUT2D eigenvalue weighted by atomic mass is 35.5. The molecule has 1 aromatic heterocycles. The van der Waals surface area contributed by atoms with Crippen molar-refractivity contribution in [2.75, 3.05) is 13.2 Å². The number of aromatic nitrogens is 1. The van der Waals surface area contributed by atoms with E-state index in [0.29, 0.717) is 16.3 Å². The summed E-state index contributed by atoms with van der Waals surface area (Å²) in [7, 11) is 0. The number of amides is 2. The molecule has 9 heteroatoms. The van der Waals surface area contributed by atoms with Crippen molar-refractivity contribution in [3.8, 4) is 5.75 Å². The van der Waals surface area contributed by atoms with E-state index in [0.717, 1.165) is 33.1 Å². The summed E-state index contributed by atoms with van der Waals surface area (Å²) in [5.41, 5.74) is 1.94. The van der Waals surface area contributed by atoms with Crippen LogP contribution in [0.4, 0.5) is 13.6 Å². The van der Waals surface area contributed by atoms with Crippen LogP contribution < -0.4 is 4.74 Å². The molecule has 2 heterocycles. The minimum absolute atomic E-state index is 0.0624. The molecule has 0 bridgehead atoms. The van der Waals surface area contributed by atoms with Gasteiger partial charge in [0.05, 0.1) is 18.0 Å². The van der Waals surface area contributed by atoms with Crippen molar-refractivity contribution in [3.63, 3.8) is 0 Å². The van der Waals surface area contributed by atoms with E-state index < -0.39 is 17.0 Å². The molecule has 0 saturated carbocycles. The van der Waals surface area contributed by atoms with E-state index in [2.05, 4.69) is 0 Å². The lowest BCUT2D eigenvalue weighted by Crippen LogP contribution is -2.32. The minimum atomic E-state index is -0.415. The summed E-state index contributed by atoms with van der Waals surface area (Å²) in [6.45, 7) is 0.356. The van der Waals surface area contributed by atoms with Crippen LogP contribution in [-0.4, -0.2) is 33.8 Å². The monoisotopic (exact) mass is 524 g/mol. The molecule has 5 nitrogen and oxygen atoms in total. The topological polar surface area (TPSA) is 51.5 Å². The van der Waals surface area contributed by atoms with Gasteiger partial charge in [-0.25, -0.2) is 8.78 Å². The molecule has 0 atom stereocenters. The number of carbonyl (C=O) groups excluding carboxylic acids is 2. The van der Waals surface area contributed by atoms with E-state index in [1.807, 2.05) is 35.0 Å². The van der Waals surface area contributed by atoms with Crippen LogP contribution in [0.5, 0.6) is 5.75 Å². The number of ether oxygens (including phenoxy) is 1. The highest BCUT2D eigenvalue weighted by molar-refractivity contribution is 8.18. The second kappa shape index (κ2) is 10.2. The number of hydrogen-bond acceptors (Lipinski definition) is 4. The number of thioether (sulfide) groups is 1. The Morgan fingerprint density at radius 3 is 2.53 bits per heavy atom. The number of nitrogens with zero attached hydrogens (tertiary/aromatic N) is 2. The second-order valence-electron chi connectivity index (χ2n) is 8.07. The summed E-state index contributed by atoms with van der Waals surface area (Å²) >= 11 is 7.09. The molecule has 0 N–H and O–H groups in total. The van der Waals surface area contributed by atoms with E-state index in [1.165, 1.54) is 30.3 Å². The molecule has 0 unspecified atom stereocenters. The predicted octanol–water partition coefficient (Wildman–Crippen LogP) is 6.74. The number of carbonyl (C=O) groups is 2. The molecule has 1 saturated heterocycles. The van der Waals surface area contributed by atoms with Gasteiger partial charge in [-0.3, -0.25) is 14.5 Å². The maximum absolute atomic E-state index is 14.4. The number of imide groups is 1. The van der Waals surface area contributed by atoms with Gasteiger partial charge in [0.1, 0.15) is 24.0 Å². The largest absolute Gasteiger partial charge is 0.492 e. The third-order valence-electron chi connectivity index (χ3n) is 5.77. The standard InChI is InChI=1S/C27H19ClF2N2O3S/c28-22-5-3-6-23(30)21(22)16-31-15-17(20-4-1-2-7-24(20)31)14-25-26(33)32(27(34)36-25)12-13-35-19-10-8-18(29)9-11-19/h1-11,14-15H,12-13,16H2/b25-14-. The molecule has 0 aliphatic carbocycles. The number of hydrogen-bond donors (Lipinski definition) is 0. The molecule has 5 rings (SSSR count). The highest BCUT2D eigenvalue weighted by Crippen LogP contribution is 2.34.